The molecule has 1 aliphatic heterocycles. The van der Waals surface area contributed by atoms with E-state index in [1.54, 1.807) is 20.9 Å². The molecule has 3 amide bonds. The number of hydrogen-bond donors (Lipinski definition) is 2. The Balaban J connectivity index is 1.57. The zero-order valence-electron chi connectivity index (χ0n) is 23.7. The number of pyridine rings is 1. The lowest BCUT2D eigenvalue weighted by Crippen LogP contribution is -2.42. The fourth-order valence-corrected chi connectivity index (χ4v) is 4.05. The Morgan fingerprint density at radius 2 is 1.98 bits per heavy atom. The Hall–Kier alpha value is -4.47. The van der Waals surface area contributed by atoms with Crippen LogP contribution in [0.5, 0.6) is 0 Å². The third-order valence-corrected chi connectivity index (χ3v) is 6.26. The monoisotopic (exact) mass is 593 g/mol. The standard InChI is InChI=1S/C26H30F3N7O6/c1-24(2,3)42-23(40)36(13-26(27,28)29)18-9-14(7-8-30-18)21-32-16(12-41-21)20(38)31-15-10-34(6)33-19(15)35-11-17(37)25(4,5)22(35)39/h7-10,12,17,37H,11,13H2,1-6H3,(H,31,38). The number of aliphatic hydroxyl groups is 1. The Bertz CT molecular complexity index is 1510. The van der Waals surface area contributed by atoms with Crippen LogP contribution in [0, 0.1) is 5.41 Å². The van der Waals surface area contributed by atoms with Gasteiger partial charge in [-0.25, -0.2) is 14.8 Å². The zero-order valence-corrected chi connectivity index (χ0v) is 23.7. The normalized spacial score (nSPS) is 17.0. The van der Waals surface area contributed by atoms with E-state index >= 15 is 0 Å². The number of nitrogens with one attached hydrogen (secondary N) is 1. The van der Waals surface area contributed by atoms with Crippen LogP contribution < -0.4 is 15.1 Å². The largest absolute Gasteiger partial charge is 0.444 e. The molecule has 4 heterocycles. The molecule has 226 valence electrons. The van der Waals surface area contributed by atoms with Gasteiger partial charge in [0.2, 0.25) is 11.8 Å². The number of aryl methyl sites for hydroxylation is 1. The average molecular weight is 594 g/mol. The number of nitrogens with zero attached hydrogens (tertiary/aromatic N) is 6. The molecule has 3 aromatic rings. The molecule has 42 heavy (non-hydrogen) atoms. The maximum atomic E-state index is 13.3. The molecular formula is C26H30F3N7O6. The van der Waals surface area contributed by atoms with Crippen LogP contribution in [0.4, 0.5) is 35.3 Å². The first-order chi connectivity index (χ1) is 19.4. The highest BCUT2D eigenvalue weighted by atomic mass is 19.4. The van der Waals surface area contributed by atoms with E-state index in [0.717, 1.165) is 18.5 Å². The van der Waals surface area contributed by atoms with Crippen LogP contribution in [0.3, 0.4) is 0 Å². The molecule has 0 bridgehead atoms. The van der Waals surface area contributed by atoms with Crippen molar-refractivity contribution in [3.8, 4) is 11.5 Å². The molecule has 0 aromatic carbocycles. The summed E-state index contributed by atoms with van der Waals surface area (Å²) in [5, 5.41) is 17.2. The maximum Gasteiger partial charge on any atom is 0.416 e. The van der Waals surface area contributed by atoms with Crippen LogP contribution in [0.2, 0.25) is 0 Å². The number of carbonyl (C=O) groups is 3. The average Bonchev–Trinajstić information content (AvgIpc) is 3.55. The quantitative estimate of drug-likeness (QED) is 0.435. The number of aliphatic hydroxyl groups excluding tert-OH is 1. The second-order valence-corrected chi connectivity index (χ2v) is 11.3. The summed E-state index contributed by atoms with van der Waals surface area (Å²) in [4.78, 5) is 48.1. The Morgan fingerprint density at radius 1 is 1.29 bits per heavy atom. The third-order valence-electron chi connectivity index (χ3n) is 6.26. The summed E-state index contributed by atoms with van der Waals surface area (Å²) in [6, 6.07) is 2.53. The van der Waals surface area contributed by atoms with E-state index in [1.807, 2.05) is 0 Å². The molecule has 3 aromatic heterocycles. The molecule has 4 rings (SSSR count). The molecule has 1 unspecified atom stereocenters. The Kier molecular flexibility index (Phi) is 7.80. The summed E-state index contributed by atoms with van der Waals surface area (Å²) in [5.74, 6) is -1.47. The Morgan fingerprint density at radius 3 is 2.57 bits per heavy atom. The van der Waals surface area contributed by atoms with E-state index < -0.39 is 41.8 Å². The maximum absolute atomic E-state index is 13.3. The van der Waals surface area contributed by atoms with Crippen molar-refractivity contribution >= 4 is 35.2 Å². The van der Waals surface area contributed by atoms with E-state index in [-0.39, 0.29) is 46.9 Å². The van der Waals surface area contributed by atoms with Gasteiger partial charge in [0.25, 0.3) is 5.91 Å². The number of hydrogen-bond acceptors (Lipinski definition) is 9. The molecule has 1 fully saturated rings. The number of anilines is 3. The van der Waals surface area contributed by atoms with E-state index in [2.05, 4.69) is 20.4 Å². The highest BCUT2D eigenvalue weighted by Gasteiger charge is 2.48. The number of oxazole rings is 1. The molecule has 1 aliphatic rings. The van der Waals surface area contributed by atoms with Gasteiger partial charge in [-0.05, 0) is 46.8 Å². The topological polar surface area (TPSA) is 156 Å². The molecule has 0 aliphatic carbocycles. The molecule has 13 nitrogen and oxygen atoms in total. The minimum atomic E-state index is -4.75. The predicted molar refractivity (Wildman–Crippen MR) is 143 cm³/mol. The number of aromatic nitrogens is 4. The van der Waals surface area contributed by atoms with Gasteiger partial charge in [0.15, 0.2) is 11.5 Å². The van der Waals surface area contributed by atoms with Crippen LogP contribution in [-0.2, 0) is 16.6 Å². The smallest absolute Gasteiger partial charge is 0.416 e. The molecule has 1 saturated heterocycles. The second kappa shape index (κ2) is 10.7. The number of rotatable bonds is 6. The van der Waals surface area contributed by atoms with Gasteiger partial charge in [-0.2, -0.15) is 18.3 Å². The van der Waals surface area contributed by atoms with Gasteiger partial charge in [-0.1, -0.05) is 0 Å². The van der Waals surface area contributed by atoms with Gasteiger partial charge in [0.05, 0.1) is 24.3 Å². The van der Waals surface area contributed by atoms with Crippen molar-refractivity contribution < 1.29 is 41.8 Å². The summed E-state index contributed by atoms with van der Waals surface area (Å²) < 4.78 is 51.8. The summed E-state index contributed by atoms with van der Waals surface area (Å²) in [7, 11) is 1.59. The molecule has 16 heteroatoms. The van der Waals surface area contributed by atoms with E-state index in [9.17, 15) is 32.7 Å². The van der Waals surface area contributed by atoms with Gasteiger partial charge in [0.1, 0.15) is 29.9 Å². The molecular weight excluding hydrogens is 563 g/mol. The van der Waals surface area contributed by atoms with Crippen molar-refractivity contribution in [2.45, 2.75) is 52.5 Å². The van der Waals surface area contributed by atoms with Crippen LogP contribution in [0.1, 0.15) is 45.1 Å². The van der Waals surface area contributed by atoms with Crippen molar-refractivity contribution in [1.82, 2.24) is 19.7 Å². The molecule has 2 N–H and O–H groups in total. The van der Waals surface area contributed by atoms with Crippen LogP contribution in [0.25, 0.3) is 11.5 Å². The fourth-order valence-electron chi connectivity index (χ4n) is 4.05. The van der Waals surface area contributed by atoms with Crippen LogP contribution in [-0.4, -0.2) is 73.7 Å². The number of carbonyl (C=O) groups excluding carboxylic acids is 3. The van der Waals surface area contributed by atoms with Crippen molar-refractivity contribution in [2.75, 3.05) is 28.2 Å². The number of halogens is 3. The number of β-amino-alcohol motifs (C(OH)–C–C–N with tert-alkyl or cyclic N) is 1. The first-order valence-electron chi connectivity index (χ1n) is 12.7. The van der Waals surface area contributed by atoms with E-state index in [0.29, 0.717) is 4.90 Å². The van der Waals surface area contributed by atoms with Gasteiger partial charge in [-0.3, -0.25) is 24.1 Å². The van der Waals surface area contributed by atoms with E-state index in [1.165, 1.54) is 42.6 Å². The SMILES string of the molecule is Cn1cc(NC(=O)c2coc(-c3ccnc(N(CC(F)(F)F)C(=O)OC(C)(C)C)c3)n2)c(N2CC(O)C(C)(C)C2=O)n1. The molecule has 0 spiro atoms. The zero-order chi connectivity index (χ0) is 31.2. The predicted octanol–water partition coefficient (Wildman–Crippen LogP) is 3.76. The highest BCUT2D eigenvalue weighted by Crippen LogP contribution is 2.37. The Labute approximate surface area is 238 Å². The number of amides is 3. The van der Waals surface area contributed by atoms with Gasteiger partial charge < -0.3 is 19.6 Å². The molecule has 0 saturated carbocycles. The van der Waals surface area contributed by atoms with E-state index in [4.69, 9.17) is 9.15 Å². The number of alkyl halides is 3. The van der Waals surface area contributed by atoms with Crippen LogP contribution >= 0.6 is 0 Å². The summed E-state index contributed by atoms with van der Waals surface area (Å²) in [6.07, 6.45) is -3.27. The summed E-state index contributed by atoms with van der Waals surface area (Å²) in [6.45, 7) is 6.10. The van der Waals surface area contributed by atoms with Crippen molar-refractivity contribution in [1.29, 1.82) is 0 Å². The fraction of sp³-hybridized carbons (Fsp3) is 0.462. The second-order valence-electron chi connectivity index (χ2n) is 11.3. The van der Waals surface area contributed by atoms with Crippen molar-refractivity contribution in [3.05, 3.63) is 36.5 Å². The first-order valence-corrected chi connectivity index (χ1v) is 12.7. The van der Waals surface area contributed by atoms with Gasteiger partial charge >= 0.3 is 12.3 Å². The summed E-state index contributed by atoms with van der Waals surface area (Å²) in [5.41, 5.74) is -1.98. The lowest BCUT2D eigenvalue weighted by Gasteiger charge is -2.27. The first kappa shape index (κ1) is 30.5. The molecule has 0 radical (unpaired) electrons. The lowest BCUT2D eigenvalue weighted by atomic mass is 9.89. The summed E-state index contributed by atoms with van der Waals surface area (Å²) >= 11 is 0. The molecule has 1 atom stereocenters. The van der Waals surface area contributed by atoms with Gasteiger partial charge in [0, 0.05) is 18.8 Å². The van der Waals surface area contributed by atoms with Crippen LogP contribution in [0.15, 0.2) is 35.2 Å². The van der Waals surface area contributed by atoms with Crippen molar-refractivity contribution in [2.24, 2.45) is 12.5 Å². The number of ether oxygens (including phenoxy) is 1. The minimum Gasteiger partial charge on any atom is -0.444 e. The third kappa shape index (κ3) is 6.53. The highest BCUT2D eigenvalue weighted by molar-refractivity contribution is 6.07. The van der Waals surface area contributed by atoms with Gasteiger partial charge in [-0.15, -0.1) is 0 Å². The van der Waals surface area contributed by atoms with Crippen molar-refractivity contribution in [3.63, 3.8) is 0 Å². The minimum absolute atomic E-state index is 0.0150. The lowest BCUT2D eigenvalue weighted by molar-refractivity contribution is -0.126.